The zero-order valence-corrected chi connectivity index (χ0v) is 15.0. The Balaban J connectivity index is 1.54. The van der Waals surface area contributed by atoms with Gasteiger partial charge in [0.2, 0.25) is 0 Å². The Morgan fingerprint density at radius 3 is 2.36 bits per heavy atom. The number of para-hydroxylation sites is 3. The minimum Gasteiger partial charge on any atom is -0.361 e. The Morgan fingerprint density at radius 2 is 1.50 bits per heavy atom. The number of anilines is 1. The summed E-state index contributed by atoms with van der Waals surface area (Å²) in [6, 6.07) is 26.0. The second-order valence-electron chi connectivity index (χ2n) is 6.44. The van der Waals surface area contributed by atoms with Crippen molar-refractivity contribution in [3.05, 3.63) is 90.6 Å². The molecule has 0 atom stereocenters. The normalized spacial score (nSPS) is 11.4. The first-order valence-corrected chi connectivity index (χ1v) is 9.06. The van der Waals surface area contributed by atoms with Crippen molar-refractivity contribution in [1.29, 1.82) is 0 Å². The second kappa shape index (κ2) is 6.96. The van der Waals surface area contributed by atoms with Gasteiger partial charge in [-0.2, -0.15) is 5.10 Å². The number of H-pyrrole nitrogens is 1. The summed E-state index contributed by atoms with van der Waals surface area (Å²) in [6.07, 6.45) is 3.74. The molecule has 5 nitrogen and oxygen atoms in total. The number of rotatable bonds is 4. The molecule has 0 aliphatic heterocycles. The largest absolute Gasteiger partial charge is 0.361 e. The maximum absolute atomic E-state index is 4.81. The van der Waals surface area contributed by atoms with Gasteiger partial charge in [-0.3, -0.25) is 5.43 Å². The minimum absolute atomic E-state index is 0.626. The zero-order chi connectivity index (χ0) is 18.8. The van der Waals surface area contributed by atoms with Crippen molar-refractivity contribution in [3.63, 3.8) is 0 Å². The van der Waals surface area contributed by atoms with Crippen LogP contribution in [0.4, 0.5) is 5.82 Å². The Labute approximate surface area is 161 Å². The van der Waals surface area contributed by atoms with Crippen molar-refractivity contribution >= 4 is 34.0 Å². The van der Waals surface area contributed by atoms with Crippen LogP contribution < -0.4 is 5.43 Å². The lowest BCUT2D eigenvalue weighted by molar-refractivity contribution is 1.22. The molecule has 2 aromatic heterocycles. The number of nitrogens with zero attached hydrogens (tertiary/aromatic N) is 3. The summed E-state index contributed by atoms with van der Waals surface area (Å²) in [7, 11) is 0. The zero-order valence-electron chi connectivity index (χ0n) is 15.0. The van der Waals surface area contributed by atoms with Crippen LogP contribution in [0.1, 0.15) is 5.56 Å². The van der Waals surface area contributed by atoms with Crippen molar-refractivity contribution in [2.75, 3.05) is 5.43 Å². The Bertz CT molecular complexity index is 1290. The average molecular weight is 363 g/mol. The van der Waals surface area contributed by atoms with Gasteiger partial charge in [-0.1, -0.05) is 60.7 Å². The highest BCUT2D eigenvalue weighted by molar-refractivity contribution is 5.99. The fourth-order valence-electron chi connectivity index (χ4n) is 3.24. The molecule has 0 spiro atoms. The fraction of sp³-hybridized carbons (Fsp3) is 0. The van der Waals surface area contributed by atoms with Crippen LogP contribution >= 0.6 is 0 Å². The third-order valence-corrected chi connectivity index (χ3v) is 4.61. The number of hydrazone groups is 1. The summed E-state index contributed by atoms with van der Waals surface area (Å²) in [4.78, 5) is 12.8. The minimum atomic E-state index is 0.626. The van der Waals surface area contributed by atoms with E-state index in [-0.39, 0.29) is 0 Å². The van der Waals surface area contributed by atoms with Gasteiger partial charge in [-0.15, -0.1) is 0 Å². The van der Waals surface area contributed by atoms with E-state index < -0.39 is 0 Å². The van der Waals surface area contributed by atoms with E-state index in [9.17, 15) is 0 Å². The highest BCUT2D eigenvalue weighted by Crippen LogP contribution is 2.27. The molecule has 0 aliphatic carbocycles. The smallest absolute Gasteiger partial charge is 0.173 e. The van der Waals surface area contributed by atoms with Gasteiger partial charge >= 0.3 is 0 Å². The van der Waals surface area contributed by atoms with Crippen molar-refractivity contribution < 1.29 is 0 Å². The standard InChI is InChI=1S/C23H17N5/c1-2-8-16(9-3-1)22-23(27-21-13-7-6-12-20(21)26-22)28-25-15-17-14-24-19-11-5-4-10-18(17)19/h1-15,24H,(H,27,28)/b25-15+. The van der Waals surface area contributed by atoms with Crippen molar-refractivity contribution in [1.82, 2.24) is 15.0 Å². The van der Waals surface area contributed by atoms with Crippen LogP contribution in [0.15, 0.2) is 90.2 Å². The third kappa shape index (κ3) is 2.99. The van der Waals surface area contributed by atoms with Crippen molar-refractivity contribution in [2.24, 2.45) is 5.10 Å². The summed E-state index contributed by atoms with van der Waals surface area (Å²) in [6.45, 7) is 0. The number of nitrogens with one attached hydrogen (secondary N) is 2. The van der Waals surface area contributed by atoms with Crippen LogP contribution in [0.3, 0.4) is 0 Å². The predicted octanol–water partition coefficient (Wildman–Crippen LogP) is 5.22. The van der Waals surface area contributed by atoms with Crippen molar-refractivity contribution in [3.8, 4) is 11.3 Å². The molecule has 0 saturated heterocycles. The molecular formula is C23H17N5. The number of aromatic amines is 1. The SMILES string of the molecule is C(=N\Nc1nc2ccccc2nc1-c1ccccc1)/c1c[nH]c2ccccc12. The fourth-order valence-corrected chi connectivity index (χ4v) is 3.24. The summed E-state index contributed by atoms with van der Waals surface area (Å²) < 4.78 is 0. The van der Waals surface area contributed by atoms with Gasteiger partial charge in [0.15, 0.2) is 5.82 Å². The van der Waals surface area contributed by atoms with Crippen LogP contribution in [0.5, 0.6) is 0 Å². The molecule has 0 radical (unpaired) electrons. The monoisotopic (exact) mass is 363 g/mol. The summed E-state index contributed by atoms with van der Waals surface area (Å²) in [5.74, 6) is 0.626. The first kappa shape index (κ1) is 16.2. The number of aromatic nitrogens is 3. The van der Waals surface area contributed by atoms with E-state index in [1.54, 1.807) is 6.21 Å². The molecule has 5 heteroatoms. The van der Waals surface area contributed by atoms with E-state index in [4.69, 9.17) is 9.97 Å². The van der Waals surface area contributed by atoms with Crippen molar-refractivity contribution in [2.45, 2.75) is 0 Å². The highest BCUT2D eigenvalue weighted by atomic mass is 15.3. The molecule has 0 fully saturated rings. The van der Waals surface area contributed by atoms with E-state index in [2.05, 4.69) is 21.6 Å². The van der Waals surface area contributed by atoms with Gasteiger partial charge in [-0.25, -0.2) is 9.97 Å². The summed E-state index contributed by atoms with van der Waals surface area (Å²) in [5.41, 5.74) is 8.63. The predicted molar refractivity (Wildman–Crippen MR) is 114 cm³/mol. The van der Waals surface area contributed by atoms with Gasteiger partial charge in [0.05, 0.1) is 17.2 Å². The van der Waals surface area contributed by atoms with Gasteiger partial charge in [-0.05, 0) is 18.2 Å². The topological polar surface area (TPSA) is 66.0 Å². The van der Waals surface area contributed by atoms with E-state index in [1.165, 1.54) is 0 Å². The maximum atomic E-state index is 4.81. The molecule has 134 valence electrons. The molecular weight excluding hydrogens is 346 g/mol. The third-order valence-electron chi connectivity index (χ3n) is 4.61. The van der Waals surface area contributed by atoms with Gasteiger partial charge in [0.1, 0.15) is 5.69 Å². The van der Waals surface area contributed by atoms with E-state index in [0.29, 0.717) is 5.82 Å². The summed E-state index contributed by atoms with van der Waals surface area (Å²) in [5, 5.41) is 5.56. The molecule has 0 aliphatic rings. The van der Waals surface area contributed by atoms with Gasteiger partial charge < -0.3 is 4.98 Å². The van der Waals surface area contributed by atoms with Crippen LogP contribution in [0, 0.1) is 0 Å². The number of hydrogen-bond acceptors (Lipinski definition) is 4. The van der Waals surface area contributed by atoms with Gasteiger partial charge in [0.25, 0.3) is 0 Å². The molecule has 2 N–H and O–H groups in total. The molecule has 2 heterocycles. The van der Waals surface area contributed by atoms with Crippen LogP contribution in [-0.2, 0) is 0 Å². The lowest BCUT2D eigenvalue weighted by Crippen LogP contribution is -2.00. The first-order valence-electron chi connectivity index (χ1n) is 9.06. The Hall–Kier alpha value is -3.99. The molecule has 0 unspecified atom stereocenters. The Morgan fingerprint density at radius 1 is 0.786 bits per heavy atom. The average Bonchev–Trinajstić information content (AvgIpc) is 3.17. The molecule has 5 aromatic rings. The molecule has 0 bridgehead atoms. The lowest BCUT2D eigenvalue weighted by atomic mass is 10.1. The molecule has 3 aromatic carbocycles. The number of fused-ring (bicyclic) bond motifs is 2. The molecule has 0 amide bonds. The van der Waals surface area contributed by atoms with Crippen LogP contribution in [0.25, 0.3) is 33.2 Å². The van der Waals surface area contributed by atoms with E-state index in [0.717, 1.165) is 38.8 Å². The van der Waals surface area contributed by atoms with E-state index >= 15 is 0 Å². The molecule has 0 saturated carbocycles. The maximum Gasteiger partial charge on any atom is 0.173 e. The number of hydrogen-bond donors (Lipinski definition) is 2. The molecule has 28 heavy (non-hydrogen) atoms. The first-order chi connectivity index (χ1) is 13.9. The van der Waals surface area contributed by atoms with E-state index in [1.807, 2.05) is 79.0 Å². The summed E-state index contributed by atoms with van der Waals surface area (Å²) >= 11 is 0. The highest BCUT2D eigenvalue weighted by Gasteiger charge is 2.10. The second-order valence-corrected chi connectivity index (χ2v) is 6.44. The quantitative estimate of drug-likeness (QED) is 0.340. The van der Waals surface area contributed by atoms with Crippen LogP contribution in [-0.4, -0.2) is 21.2 Å². The number of benzene rings is 3. The van der Waals surface area contributed by atoms with Crippen LogP contribution in [0.2, 0.25) is 0 Å². The molecule has 5 rings (SSSR count). The Kier molecular flexibility index (Phi) is 4.03. The lowest BCUT2D eigenvalue weighted by Gasteiger charge is -2.09. The van der Waals surface area contributed by atoms with Gasteiger partial charge in [0, 0.05) is 28.2 Å².